The maximum Gasteiger partial charge on any atom is 0.242 e. The van der Waals surface area contributed by atoms with Crippen molar-refractivity contribution in [3.05, 3.63) is 65.5 Å². The number of aromatic nitrogens is 3. The molecular weight excluding hydrogens is 448 g/mol. The SMILES string of the molecule is Cc1ccc(C)c(-n2c(C)nnc2SCC(=O)NCC(=O)N2CCN(c3ccccc3)CC2)c1. The molecule has 178 valence electrons. The summed E-state index contributed by atoms with van der Waals surface area (Å²) in [6.07, 6.45) is 0. The lowest BCUT2D eigenvalue weighted by atomic mass is 10.1. The largest absolute Gasteiger partial charge is 0.368 e. The highest BCUT2D eigenvalue weighted by Crippen LogP contribution is 2.24. The number of para-hydroxylation sites is 1. The molecule has 0 aliphatic carbocycles. The molecule has 0 spiro atoms. The van der Waals surface area contributed by atoms with Gasteiger partial charge in [0.2, 0.25) is 11.8 Å². The number of nitrogens with zero attached hydrogens (tertiary/aromatic N) is 5. The summed E-state index contributed by atoms with van der Waals surface area (Å²) in [6, 6.07) is 16.4. The second-order valence-electron chi connectivity index (χ2n) is 8.42. The van der Waals surface area contributed by atoms with E-state index in [1.807, 2.05) is 48.4 Å². The molecule has 8 nitrogen and oxygen atoms in total. The lowest BCUT2D eigenvalue weighted by Crippen LogP contribution is -2.51. The van der Waals surface area contributed by atoms with Crippen LogP contribution in [0.1, 0.15) is 17.0 Å². The summed E-state index contributed by atoms with van der Waals surface area (Å²) >= 11 is 1.32. The third-order valence-corrected chi connectivity index (χ3v) is 6.85. The average molecular weight is 479 g/mol. The van der Waals surface area contributed by atoms with Crippen molar-refractivity contribution in [2.24, 2.45) is 0 Å². The lowest BCUT2D eigenvalue weighted by Gasteiger charge is -2.36. The number of benzene rings is 2. The Labute approximate surface area is 204 Å². The fourth-order valence-electron chi connectivity index (χ4n) is 3.99. The van der Waals surface area contributed by atoms with Gasteiger partial charge in [-0.2, -0.15) is 0 Å². The number of aryl methyl sites for hydroxylation is 3. The van der Waals surface area contributed by atoms with E-state index in [4.69, 9.17) is 0 Å². The van der Waals surface area contributed by atoms with Crippen LogP contribution in [-0.2, 0) is 9.59 Å². The van der Waals surface area contributed by atoms with Gasteiger partial charge in [0, 0.05) is 31.9 Å². The van der Waals surface area contributed by atoms with Crippen molar-refractivity contribution in [2.75, 3.05) is 43.4 Å². The molecule has 1 aromatic heterocycles. The van der Waals surface area contributed by atoms with Crippen LogP contribution >= 0.6 is 11.8 Å². The van der Waals surface area contributed by atoms with Gasteiger partial charge in [-0.1, -0.05) is 42.1 Å². The molecule has 0 radical (unpaired) electrons. The van der Waals surface area contributed by atoms with E-state index in [1.165, 1.54) is 17.4 Å². The van der Waals surface area contributed by atoms with E-state index >= 15 is 0 Å². The smallest absolute Gasteiger partial charge is 0.242 e. The minimum atomic E-state index is -0.200. The van der Waals surface area contributed by atoms with Gasteiger partial charge in [0.05, 0.1) is 18.0 Å². The number of amides is 2. The summed E-state index contributed by atoms with van der Waals surface area (Å²) in [5.74, 6) is 0.675. The van der Waals surface area contributed by atoms with Crippen LogP contribution < -0.4 is 10.2 Å². The summed E-state index contributed by atoms with van der Waals surface area (Å²) < 4.78 is 1.97. The second-order valence-corrected chi connectivity index (χ2v) is 9.37. The third kappa shape index (κ3) is 5.59. The lowest BCUT2D eigenvalue weighted by molar-refractivity contribution is -0.132. The van der Waals surface area contributed by atoms with Crippen molar-refractivity contribution in [1.29, 1.82) is 0 Å². The van der Waals surface area contributed by atoms with Crippen molar-refractivity contribution in [3.63, 3.8) is 0 Å². The first kappa shape index (κ1) is 23.8. The van der Waals surface area contributed by atoms with Gasteiger partial charge < -0.3 is 15.1 Å². The van der Waals surface area contributed by atoms with Crippen LogP contribution in [0.15, 0.2) is 53.7 Å². The highest BCUT2D eigenvalue weighted by atomic mass is 32.2. The Morgan fingerprint density at radius 2 is 1.71 bits per heavy atom. The molecule has 3 aromatic rings. The first-order chi connectivity index (χ1) is 16.4. The third-order valence-electron chi connectivity index (χ3n) is 5.92. The van der Waals surface area contributed by atoms with Crippen LogP contribution in [0.4, 0.5) is 5.69 Å². The van der Waals surface area contributed by atoms with E-state index in [-0.39, 0.29) is 24.1 Å². The number of anilines is 1. The predicted molar refractivity (Wildman–Crippen MR) is 135 cm³/mol. The highest BCUT2D eigenvalue weighted by Gasteiger charge is 2.22. The Morgan fingerprint density at radius 3 is 2.44 bits per heavy atom. The van der Waals surface area contributed by atoms with Crippen molar-refractivity contribution in [1.82, 2.24) is 25.0 Å². The Kier molecular flexibility index (Phi) is 7.52. The first-order valence-corrected chi connectivity index (χ1v) is 12.4. The number of carbonyl (C=O) groups is 2. The van der Waals surface area contributed by atoms with E-state index in [1.54, 1.807) is 0 Å². The van der Waals surface area contributed by atoms with Crippen LogP contribution in [0.2, 0.25) is 0 Å². The number of piperazine rings is 1. The van der Waals surface area contributed by atoms with E-state index in [2.05, 4.69) is 50.7 Å². The van der Waals surface area contributed by atoms with Crippen LogP contribution in [0.3, 0.4) is 0 Å². The number of thioether (sulfide) groups is 1. The van der Waals surface area contributed by atoms with Crippen molar-refractivity contribution in [2.45, 2.75) is 25.9 Å². The molecule has 0 bridgehead atoms. The number of nitrogens with one attached hydrogen (secondary N) is 1. The van der Waals surface area contributed by atoms with Gasteiger partial charge in [-0.3, -0.25) is 14.2 Å². The molecule has 0 saturated carbocycles. The topological polar surface area (TPSA) is 83.4 Å². The maximum atomic E-state index is 12.6. The minimum Gasteiger partial charge on any atom is -0.368 e. The van der Waals surface area contributed by atoms with Crippen LogP contribution in [0.25, 0.3) is 5.69 Å². The van der Waals surface area contributed by atoms with Crippen molar-refractivity contribution < 1.29 is 9.59 Å². The number of hydrogen-bond acceptors (Lipinski definition) is 6. The molecule has 1 fully saturated rings. The summed E-state index contributed by atoms with van der Waals surface area (Å²) in [5, 5.41) is 11.9. The molecule has 34 heavy (non-hydrogen) atoms. The fraction of sp³-hybridized carbons (Fsp3) is 0.360. The molecule has 1 N–H and O–H groups in total. The average Bonchev–Trinajstić information content (AvgIpc) is 3.23. The summed E-state index contributed by atoms with van der Waals surface area (Å²) in [4.78, 5) is 29.1. The van der Waals surface area contributed by atoms with E-state index in [9.17, 15) is 9.59 Å². The minimum absolute atomic E-state index is 0.00738. The molecule has 2 amide bonds. The van der Waals surface area contributed by atoms with Crippen LogP contribution in [-0.4, -0.2) is 70.0 Å². The summed E-state index contributed by atoms with van der Waals surface area (Å²) in [6.45, 7) is 8.86. The Bertz CT molecular complexity index is 1160. The number of rotatable bonds is 7. The van der Waals surface area contributed by atoms with Gasteiger partial charge in [-0.15, -0.1) is 10.2 Å². The number of hydrogen-bond donors (Lipinski definition) is 1. The molecule has 2 aromatic carbocycles. The van der Waals surface area contributed by atoms with E-state index in [0.717, 1.165) is 35.7 Å². The molecule has 2 heterocycles. The zero-order valence-corrected chi connectivity index (χ0v) is 20.6. The van der Waals surface area contributed by atoms with Gasteiger partial charge >= 0.3 is 0 Å². The van der Waals surface area contributed by atoms with Gasteiger partial charge in [0.25, 0.3) is 0 Å². The van der Waals surface area contributed by atoms with Gasteiger partial charge in [0.15, 0.2) is 5.16 Å². The Morgan fingerprint density at radius 1 is 0.971 bits per heavy atom. The normalized spacial score (nSPS) is 13.7. The van der Waals surface area contributed by atoms with Crippen molar-refractivity contribution in [3.8, 4) is 5.69 Å². The molecular formula is C25H30N6O2S. The quantitative estimate of drug-likeness (QED) is 0.526. The van der Waals surface area contributed by atoms with Gasteiger partial charge in [-0.25, -0.2) is 0 Å². The van der Waals surface area contributed by atoms with Crippen molar-refractivity contribution >= 4 is 29.3 Å². The highest BCUT2D eigenvalue weighted by molar-refractivity contribution is 7.99. The predicted octanol–water partition coefficient (Wildman–Crippen LogP) is 2.75. The van der Waals surface area contributed by atoms with Crippen LogP contribution in [0.5, 0.6) is 0 Å². The fourth-order valence-corrected chi connectivity index (χ4v) is 4.81. The molecule has 1 saturated heterocycles. The summed E-state index contributed by atoms with van der Waals surface area (Å²) in [7, 11) is 0. The monoisotopic (exact) mass is 478 g/mol. The maximum absolute atomic E-state index is 12.6. The number of carbonyl (C=O) groups excluding carboxylic acids is 2. The first-order valence-electron chi connectivity index (χ1n) is 11.4. The second kappa shape index (κ2) is 10.7. The Hall–Kier alpha value is -3.33. The Balaban J connectivity index is 1.26. The van der Waals surface area contributed by atoms with Crippen LogP contribution in [0, 0.1) is 20.8 Å². The molecule has 0 atom stereocenters. The van der Waals surface area contributed by atoms with E-state index in [0.29, 0.717) is 18.2 Å². The molecule has 1 aliphatic heterocycles. The molecule has 4 rings (SSSR count). The summed E-state index contributed by atoms with van der Waals surface area (Å²) in [5.41, 5.74) is 4.43. The van der Waals surface area contributed by atoms with E-state index < -0.39 is 0 Å². The molecule has 0 unspecified atom stereocenters. The zero-order valence-electron chi connectivity index (χ0n) is 19.8. The van der Waals surface area contributed by atoms with Gasteiger partial charge in [0.1, 0.15) is 5.82 Å². The van der Waals surface area contributed by atoms with Gasteiger partial charge in [-0.05, 0) is 50.1 Å². The standard InChI is InChI=1S/C25H30N6O2S/c1-18-9-10-19(2)22(15-18)31-20(3)27-28-25(31)34-17-23(32)26-16-24(33)30-13-11-29(12-14-30)21-7-5-4-6-8-21/h4-10,15H,11-14,16-17H2,1-3H3,(H,26,32). The zero-order chi connectivity index (χ0) is 24.1. The molecule has 1 aliphatic rings. The molecule has 9 heteroatoms.